The Morgan fingerprint density at radius 2 is 1.80 bits per heavy atom. The van der Waals surface area contributed by atoms with Crippen LogP contribution < -0.4 is 0 Å². The van der Waals surface area contributed by atoms with E-state index in [2.05, 4.69) is 25.7 Å². The number of hydrogen-bond acceptors (Lipinski definition) is 3. The molecule has 1 fully saturated rings. The van der Waals surface area contributed by atoms with E-state index in [9.17, 15) is 4.79 Å². The van der Waals surface area contributed by atoms with Gasteiger partial charge in [-0.3, -0.25) is 9.69 Å². The summed E-state index contributed by atoms with van der Waals surface area (Å²) in [7, 11) is 0. The van der Waals surface area contributed by atoms with Gasteiger partial charge in [-0.1, -0.05) is 27.2 Å². The Balaban J connectivity index is 2.35. The predicted molar refractivity (Wildman–Crippen MR) is 84.0 cm³/mol. The number of Topliss-reactive ketones (excluding diaryl/α,β-unsaturated/α-hetero) is 1. The molecular weight excluding hydrogens is 250 g/mol. The number of carbonyl (C=O) groups excluding carboxylic acids is 1. The molecule has 0 N–H and O–H groups in total. The van der Waals surface area contributed by atoms with Crippen molar-refractivity contribution in [3.63, 3.8) is 0 Å². The minimum Gasteiger partial charge on any atom is -0.379 e. The number of likely N-dealkylation sites (tertiary alicyclic amines) is 1. The summed E-state index contributed by atoms with van der Waals surface area (Å²) in [5, 5.41) is 0. The lowest BCUT2D eigenvalue weighted by Crippen LogP contribution is -2.52. The molecule has 1 heterocycles. The Morgan fingerprint density at radius 3 is 2.35 bits per heavy atom. The highest BCUT2D eigenvalue weighted by molar-refractivity contribution is 5.83. The molecule has 0 bridgehead atoms. The number of rotatable bonds is 5. The second-order valence-electron chi connectivity index (χ2n) is 8.01. The van der Waals surface area contributed by atoms with Crippen LogP contribution in [0.1, 0.15) is 67.2 Å². The summed E-state index contributed by atoms with van der Waals surface area (Å²) in [5.41, 5.74) is -0.0404. The number of carbonyl (C=O) groups is 1. The predicted octanol–water partition coefficient (Wildman–Crippen LogP) is 3.66. The Bertz CT molecular complexity index is 312. The first-order valence-corrected chi connectivity index (χ1v) is 8.00. The maximum Gasteiger partial charge on any atom is 0.140 e. The van der Waals surface area contributed by atoms with Crippen LogP contribution in [0.3, 0.4) is 0 Å². The van der Waals surface area contributed by atoms with Crippen LogP contribution in [-0.2, 0) is 9.53 Å². The molecule has 3 nitrogen and oxygen atoms in total. The molecule has 0 amide bonds. The standard InChI is InChI=1S/C17H33NO2/c1-16(2,3)15(19)10-12-20-13-14-9-7-8-11-18(14)17(4,5)6/h14H,7-13H2,1-6H3. The van der Waals surface area contributed by atoms with Crippen LogP contribution in [0.15, 0.2) is 0 Å². The lowest BCUT2D eigenvalue weighted by molar-refractivity contribution is -0.127. The van der Waals surface area contributed by atoms with Crippen LogP contribution in [0.4, 0.5) is 0 Å². The summed E-state index contributed by atoms with van der Waals surface area (Å²) in [6.45, 7) is 15.2. The zero-order chi connectivity index (χ0) is 15.4. The molecular formula is C17H33NO2. The molecule has 1 aliphatic rings. The fourth-order valence-corrected chi connectivity index (χ4v) is 2.82. The molecule has 0 radical (unpaired) electrons. The monoisotopic (exact) mass is 283 g/mol. The smallest absolute Gasteiger partial charge is 0.140 e. The summed E-state index contributed by atoms with van der Waals surface area (Å²) < 4.78 is 5.80. The van der Waals surface area contributed by atoms with Crippen molar-refractivity contribution >= 4 is 5.78 Å². The first-order chi connectivity index (χ1) is 9.12. The number of ketones is 1. The Morgan fingerprint density at radius 1 is 1.15 bits per heavy atom. The van der Waals surface area contributed by atoms with Crippen LogP contribution in [0.2, 0.25) is 0 Å². The van der Waals surface area contributed by atoms with Crippen molar-refractivity contribution in [2.45, 2.75) is 78.8 Å². The Kier molecular flexibility index (Phi) is 6.21. The molecule has 118 valence electrons. The molecule has 0 aliphatic carbocycles. The number of piperidine rings is 1. The number of hydrogen-bond donors (Lipinski definition) is 0. The third-order valence-electron chi connectivity index (χ3n) is 4.11. The fraction of sp³-hybridized carbons (Fsp3) is 0.941. The zero-order valence-corrected chi connectivity index (χ0v) is 14.3. The summed E-state index contributed by atoms with van der Waals surface area (Å²) in [6.07, 6.45) is 4.33. The molecule has 1 saturated heterocycles. The fourth-order valence-electron chi connectivity index (χ4n) is 2.82. The van der Waals surface area contributed by atoms with Gasteiger partial charge in [-0.15, -0.1) is 0 Å². The van der Waals surface area contributed by atoms with Gasteiger partial charge >= 0.3 is 0 Å². The third kappa shape index (κ3) is 5.53. The van der Waals surface area contributed by atoms with Crippen molar-refractivity contribution in [1.29, 1.82) is 0 Å². The molecule has 1 rings (SSSR count). The topological polar surface area (TPSA) is 29.5 Å². The van der Waals surface area contributed by atoms with Crippen LogP contribution in [0, 0.1) is 5.41 Å². The minimum atomic E-state index is -0.244. The van der Waals surface area contributed by atoms with E-state index in [1.807, 2.05) is 20.8 Å². The zero-order valence-electron chi connectivity index (χ0n) is 14.3. The lowest BCUT2D eigenvalue weighted by atomic mass is 9.89. The van der Waals surface area contributed by atoms with Crippen LogP contribution in [0.25, 0.3) is 0 Å². The van der Waals surface area contributed by atoms with E-state index in [-0.39, 0.29) is 16.7 Å². The van der Waals surface area contributed by atoms with Crippen LogP contribution in [-0.4, -0.2) is 42.0 Å². The molecule has 20 heavy (non-hydrogen) atoms. The van der Waals surface area contributed by atoms with E-state index in [1.165, 1.54) is 25.8 Å². The lowest BCUT2D eigenvalue weighted by Gasteiger charge is -2.44. The molecule has 0 aromatic rings. The highest BCUT2D eigenvalue weighted by Crippen LogP contribution is 2.25. The first kappa shape index (κ1) is 17.6. The quantitative estimate of drug-likeness (QED) is 0.721. The SMILES string of the molecule is CC(C)(C)C(=O)CCOCC1CCCCN1C(C)(C)C. The third-order valence-corrected chi connectivity index (χ3v) is 4.11. The molecule has 1 aliphatic heterocycles. The average molecular weight is 283 g/mol. The van der Waals surface area contributed by atoms with E-state index in [0.29, 0.717) is 19.1 Å². The van der Waals surface area contributed by atoms with E-state index < -0.39 is 0 Å². The molecule has 0 aromatic carbocycles. The molecule has 0 saturated carbocycles. The average Bonchev–Trinajstić information content (AvgIpc) is 2.32. The number of nitrogens with zero attached hydrogens (tertiary/aromatic N) is 1. The van der Waals surface area contributed by atoms with E-state index in [0.717, 1.165) is 6.61 Å². The largest absolute Gasteiger partial charge is 0.379 e. The normalized spacial score (nSPS) is 22.0. The molecule has 1 unspecified atom stereocenters. The van der Waals surface area contributed by atoms with Gasteiger partial charge in [0.15, 0.2) is 0 Å². The van der Waals surface area contributed by atoms with Gasteiger partial charge in [0, 0.05) is 23.4 Å². The maximum absolute atomic E-state index is 11.8. The van der Waals surface area contributed by atoms with Gasteiger partial charge in [-0.05, 0) is 40.2 Å². The second-order valence-corrected chi connectivity index (χ2v) is 8.01. The molecule has 0 spiro atoms. The second kappa shape index (κ2) is 7.04. The summed E-state index contributed by atoms with van der Waals surface area (Å²) in [6, 6.07) is 0.508. The van der Waals surface area contributed by atoms with Crippen molar-refractivity contribution < 1.29 is 9.53 Å². The molecule has 3 heteroatoms. The van der Waals surface area contributed by atoms with E-state index >= 15 is 0 Å². The van der Waals surface area contributed by atoms with Crippen molar-refractivity contribution in [2.24, 2.45) is 5.41 Å². The molecule has 0 aromatic heterocycles. The van der Waals surface area contributed by atoms with E-state index in [1.54, 1.807) is 0 Å². The summed E-state index contributed by atoms with van der Waals surface area (Å²) in [5.74, 6) is 0.286. The van der Waals surface area contributed by atoms with Crippen molar-refractivity contribution in [2.75, 3.05) is 19.8 Å². The van der Waals surface area contributed by atoms with Gasteiger partial charge in [0.2, 0.25) is 0 Å². The van der Waals surface area contributed by atoms with Crippen molar-refractivity contribution in [3.8, 4) is 0 Å². The van der Waals surface area contributed by atoms with Gasteiger partial charge in [0.1, 0.15) is 5.78 Å². The van der Waals surface area contributed by atoms with Gasteiger partial charge in [-0.25, -0.2) is 0 Å². The Labute approximate surface area is 125 Å². The highest BCUT2D eigenvalue weighted by Gasteiger charge is 2.31. The highest BCUT2D eigenvalue weighted by atomic mass is 16.5. The summed E-state index contributed by atoms with van der Waals surface area (Å²) >= 11 is 0. The van der Waals surface area contributed by atoms with E-state index in [4.69, 9.17) is 4.74 Å². The van der Waals surface area contributed by atoms with Crippen molar-refractivity contribution in [1.82, 2.24) is 4.90 Å². The minimum absolute atomic E-state index is 0.204. The van der Waals surface area contributed by atoms with Crippen molar-refractivity contribution in [3.05, 3.63) is 0 Å². The van der Waals surface area contributed by atoms with Gasteiger partial charge in [0.25, 0.3) is 0 Å². The number of ether oxygens (including phenoxy) is 1. The Hall–Kier alpha value is -0.410. The maximum atomic E-state index is 11.8. The van der Waals surface area contributed by atoms with Crippen LogP contribution in [0.5, 0.6) is 0 Å². The summed E-state index contributed by atoms with van der Waals surface area (Å²) in [4.78, 5) is 14.4. The van der Waals surface area contributed by atoms with Gasteiger partial charge < -0.3 is 4.74 Å². The van der Waals surface area contributed by atoms with Gasteiger partial charge in [0.05, 0.1) is 13.2 Å². The molecule has 1 atom stereocenters. The first-order valence-electron chi connectivity index (χ1n) is 8.00. The van der Waals surface area contributed by atoms with Crippen LogP contribution >= 0.6 is 0 Å². The van der Waals surface area contributed by atoms with Gasteiger partial charge in [-0.2, -0.15) is 0 Å².